The number of pyridine rings is 1. The molecule has 0 amide bonds. The predicted molar refractivity (Wildman–Crippen MR) is 91.3 cm³/mol. The topological polar surface area (TPSA) is 12.9 Å². The maximum atomic E-state index is 4.38. The SMILES string of the molecule is Cc1cc(C#Cc2ccc(Br)c3ccccc23)cc(C)n1. The Morgan fingerprint density at radius 3 is 2.24 bits per heavy atom. The number of hydrogen-bond acceptors (Lipinski definition) is 1. The predicted octanol–water partition coefficient (Wildman–Crippen LogP) is 5.01. The van der Waals surface area contributed by atoms with Crippen LogP contribution in [0, 0.1) is 25.7 Å². The molecule has 0 bridgehead atoms. The Morgan fingerprint density at radius 1 is 0.857 bits per heavy atom. The van der Waals surface area contributed by atoms with Crippen molar-refractivity contribution in [2.75, 3.05) is 0 Å². The second-order valence-electron chi connectivity index (χ2n) is 5.03. The standard InChI is InChI=1S/C19H14BrN/c1-13-11-15(12-14(2)21-13)7-8-16-9-10-19(20)18-6-4-3-5-17(16)18/h3-6,9-12H,1-2H3. The second-order valence-corrected chi connectivity index (χ2v) is 5.88. The van der Waals surface area contributed by atoms with Gasteiger partial charge in [-0.05, 0) is 48.9 Å². The third-order valence-corrected chi connectivity index (χ3v) is 3.99. The molecule has 0 radical (unpaired) electrons. The van der Waals surface area contributed by atoms with Crippen molar-refractivity contribution in [2.24, 2.45) is 0 Å². The van der Waals surface area contributed by atoms with E-state index in [1.165, 1.54) is 10.8 Å². The zero-order chi connectivity index (χ0) is 14.8. The minimum absolute atomic E-state index is 1.000. The van der Waals surface area contributed by atoms with Crippen LogP contribution in [0.4, 0.5) is 0 Å². The summed E-state index contributed by atoms with van der Waals surface area (Å²) < 4.78 is 1.10. The van der Waals surface area contributed by atoms with Gasteiger partial charge in [0.1, 0.15) is 0 Å². The van der Waals surface area contributed by atoms with Crippen molar-refractivity contribution in [1.29, 1.82) is 0 Å². The summed E-state index contributed by atoms with van der Waals surface area (Å²) in [5.74, 6) is 6.54. The Bertz CT molecular complexity index is 865. The summed E-state index contributed by atoms with van der Waals surface area (Å²) >= 11 is 3.59. The van der Waals surface area contributed by atoms with Gasteiger partial charge in [0.25, 0.3) is 0 Å². The molecule has 1 heterocycles. The molecule has 3 rings (SSSR count). The molecular weight excluding hydrogens is 322 g/mol. The Balaban J connectivity index is 2.11. The number of rotatable bonds is 0. The van der Waals surface area contributed by atoms with Crippen molar-refractivity contribution in [3.8, 4) is 11.8 Å². The van der Waals surface area contributed by atoms with Gasteiger partial charge in [0.05, 0.1) is 0 Å². The van der Waals surface area contributed by atoms with Crippen LogP contribution in [0.3, 0.4) is 0 Å². The summed E-state index contributed by atoms with van der Waals surface area (Å²) in [5.41, 5.74) is 4.05. The summed E-state index contributed by atoms with van der Waals surface area (Å²) in [6.07, 6.45) is 0. The molecule has 0 fully saturated rings. The average Bonchev–Trinajstić information content (AvgIpc) is 2.46. The van der Waals surface area contributed by atoms with Gasteiger partial charge in [0.15, 0.2) is 0 Å². The van der Waals surface area contributed by atoms with Gasteiger partial charge < -0.3 is 0 Å². The largest absolute Gasteiger partial charge is 0.258 e. The monoisotopic (exact) mass is 335 g/mol. The highest BCUT2D eigenvalue weighted by atomic mass is 79.9. The van der Waals surface area contributed by atoms with E-state index in [1.54, 1.807) is 0 Å². The zero-order valence-electron chi connectivity index (χ0n) is 11.9. The summed E-state index contributed by atoms with van der Waals surface area (Å²) in [4.78, 5) is 4.38. The first kappa shape index (κ1) is 13.9. The number of aryl methyl sites for hydroxylation is 2. The molecule has 0 saturated heterocycles. The summed E-state index contributed by atoms with van der Waals surface area (Å²) in [7, 11) is 0. The second kappa shape index (κ2) is 5.71. The van der Waals surface area contributed by atoms with Crippen molar-refractivity contribution in [3.63, 3.8) is 0 Å². The number of benzene rings is 2. The first-order chi connectivity index (χ1) is 10.1. The smallest absolute Gasteiger partial charge is 0.0388 e. The van der Waals surface area contributed by atoms with Gasteiger partial charge in [-0.15, -0.1) is 0 Å². The average molecular weight is 336 g/mol. The van der Waals surface area contributed by atoms with Gasteiger partial charge in [0.2, 0.25) is 0 Å². The maximum absolute atomic E-state index is 4.38. The third-order valence-electron chi connectivity index (χ3n) is 3.29. The molecule has 0 aliphatic rings. The van der Waals surface area contributed by atoms with Crippen LogP contribution in [-0.2, 0) is 0 Å². The van der Waals surface area contributed by atoms with E-state index in [2.05, 4.69) is 57.0 Å². The molecule has 0 N–H and O–H groups in total. The highest BCUT2D eigenvalue weighted by Gasteiger charge is 2.01. The quantitative estimate of drug-likeness (QED) is 0.526. The van der Waals surface area contributed by atoms with Crippen LogP contribution >= 0.6 is 15.9 Å². The Kier molecular flexibility index (Phi) is 3.77. The molecule has 102 valence electrons. The normalized spacial score (nSPS) is 10.2. The van der Waals surface area contributed by atoms with E-state index in [-0.39, 0.29) is 0 Å². The molecule has 1 nitrogen and oxygen atoms in total. The Morgan fingerprint density at radius 2 is 1.52 bits per heavy atom. The van der Waals surface area contributed by atoms with Crippen molar-refractivity contribution in [2.45, 2.75) is 13.8 Å². The lowest BCUT2D eigenvalue weighted by Crippen LogP contribution is -1.88. The zero-order valence-corrected chi connectivity index (χ0v) is 13.5. The van der Waals surface area contributed by atoms with Crippen molar-refractivity contribution < 1.29 is 0 Å². The summed E-state index contributed by atoms with van der Waals surface area (Å²) in [6, 6.07) is 16.4. The van der Waals surface area contributed by atoms with E-state index in [0.717, 1.165) is 27.0 Å². The number of halogens is 1. The highest BCUT2D eigenvalue weighted by molar-refractivity contribution is 9.10. The molecule has 0 atom stereocenters. The fourth-order valence-electron chi connectivity index (χ4n) is 2.42. The molecule has 3 aromatic rings. The molecule has 2 aromatic carbocycles. The first-order valence-electron chi connectivity index (χ1n) is 6.78. The Hall–Kier alpha value is -2.11. The molecule has 1 aromatic heterocycles. The first-order valence-corrected chi connectivity index (χ1v) is 7.57. The highest BCUT2D eigenvalue weighted by Crippen LogP contribution is 2.26. The van der Waals surface area contributed by atoms with E-state index in [4.69, 9.17) is 0 Å². The lowest BCUT2D eigenvalue weighted by Gasteiger charge is -2.03. The molecule has 21 heavy (non-hydrogen) atoms. The van der Waals surface area contributed by atoms with Crippen LogP contribution in [0.15, 0.2) is 53.0 Å². The van der Waals surface area contributed by atoms with Crippen LogP contribution in [0.2, 0.25) is 0 Å². The minimum Gasteiger partial charge on any atom is -0.258 e. The number of aromatic nitrogens is 1. The number of hydrogen-bond donors (Lipinski definition) is 0. The molecule has 2 heteroatoms. The molecule has 0 saturated carbocycles. The Labute approximate surface area is 133 Å². The van der Waals surface area contributed by atoms with Gasteiger partial charge in [-0.1, -0.05) is 52.0 Å². The summed E-state index contributed by atoms with van der Waals surface area (Å²) in [6.45, 7) is 3.99. The molecule has 0 unspecified atom stereocenters. The molecule has 0 aliphatic heterocycles. The van der Waals surface area contributed by atoms with Crippen molar-refractivity contribution in [3.05, 3.63) is 75.5 Å². The van der Waals surface area contributed by atoms with Crippen LogP contribution < -0.4 is 0 Å². The van der Waals surface area contributed by atoms with E-state index < -0.39 is 0 Å². The van der Waals surface area contributed by atoms with Gasteiger partial charge in [-0.2, -0.15) is 0 Å². The van der Waals surface area contributed by atoms with Crippen LogP contribution in [0.25, 0.3) is 10.8 Å². The molecule has 0 aliphatic carbocycles. The van der Waals surface area contributed by atoms with Gasteiger partial charge in [-0.25, -0.2) is 0 Å². The van der Waals surface area contributed by atoms with E-state index in [1.807, 2.05) is 38.1 Å². The van der Waals surface area contributed by atoms with E-state index in [0.29, 0.717) is 0 Å². The van der Waals surface area contributed by atoms with E-state index in [9.17, 15) is 0 Å². The van der Waals surface area contributed by atoms with Crippen molar-refractivity contribution in [1.82, 2.24) is 4.98 Å². The lowest BCUT2D eigenvalue weighted by molar-refractivity contribution is 1.12. The molecular formula is C19H14BrN. The van der Waals surface area contributed by atoms with Gasteiger partial charge >= 0.3 is 0 Å². The third kappa shape index (κ3) is 2.99. The maximum Gasteiger partial charge on any atom is 0.0388 e. The van der Waals surface area contributed by atoms with Gasteiger partial charge in [0, 0.05) is 27.0 Å². The number of nitrogens with zero attached hydrogens (tertiary/aromatic N) is 1. The molecule has 0 spiro atoms. The fourth-order valence-corrected chi connectivity index (χ4v) is 2.90. The fraction of sp³-hybridized carbons (Fsp3) is 0.105. The lowest BCUT2D eigenvalue weighted by atomic mass is 10.0. The minimum atomic E-state index is 1.000. The summed E-state index contributed by atoms with van der Waals surface area (Å²) in [5, 5.41) is 2.35. The van der Waals surface area contributed by atoms with Crippen molar-refractivity contribution >= 4 is 26.7 Å². The van der Waals surface area contributed by atoms with Crippen LogP contribution in [-0.4, -0.2) is 4.98 Å². The van der Waals surface area contributed by atoms with Gasteiger partial charge in [-0.3, -0.25) is 4.98 Å². The number of fused-ring (bicyclic) bond motifs is 1. The van der Waals surface area contributed by atoms with Crippen LogP contribution in [0.1, 0.15) is 22.5 Å². The van der Waals surface area contributed by atoms with Crippen LogP contribution in [0.5, 0.6) is 0 Å². The van der Waals surface area contributed by atoms with E-state index >= 15 is 0 Å².